The van der Waals surface area contributed by atoms with Crippen LogP contribution in [0.25, 0.3) is 0 Å². The van der Waals surface area contributed by atoms with Gasteiger partial charge in [0.05, 0.1) is 0 Å². The van der Waals surface area contributed by atoms with E-state index in [4.69, 9.17) is 0 Å². The van der Waals surface area contributed by atoms with E-state index in [0.717, 1.165) is 25.7 Å². The zero-order chi connectivity index (χ0) is 16.5. The van der Waals surface area contributed by atoms with Crippen molar-refractivity contribution in [2.45, 2.75) is 64.4 Å². The summed E-state index contributed by atoms with van der Waals surface area (Å²) in [5.41, 5.74) is -0.597. The van der Waals surface area contributed by atoms with Gasteiger partial charge in [0.15, 0.2) is 0 Å². The van der Waals surface area contributed by atoms with Gasteiger partial charge < -0.3 is 0 Å². The molecule has 2 nitrogen and oxygen atoms in total. The normalized spacial score (nSPS) is 54.8. The first-order valence-corrected chi connectivity index (χ1v) is 9.81. The number of hydrogen-bond donors (Lipinski definition) is 1. The Morgan fingerprint density at radius 1 is 1.17 bits per heavy atom. The molecule has 1 N–H and O–H groups in total. The second kappa shape index (κ2) is 5.09. The van der Waals surface area contributed by atoms with Crippen molar-refractivity contribution >= 4 is 5.78 Å². The van der Waals surface area contributed by atoms with Crippen LogP contribution in [-0.2, 0) is 20.5 Å². The fraction of sp³-hybridized carbons (Fsp3) is 0.800. The summed E-state index contributed by atoms with van der Waals surface area (Å²) in [5, 5.41) is 11.1. The van der Waals surface area contributed by atoms with Crippen molar-refractivity contribution in [2.24, 2.45) is 34.5 Å². The first-order valence-electron chi connectivity index (χ1n) is 9.18. The summed E-state index contributed by atoms with van der Waals surface area (Å²) in [6.45, 7) is 4.69. The van der Waals surface area contributed by atoms with Crippen molar-refractivity contribution in [1.82, 2.24) is 0 Å². The molecule has 3 heteroatoms. The number of aliphatic hydroxyl groups is 1. The predicted molar refractivity (Wildman–Crippen MR) is 85.5 cm³/mol. The van der Waals surface area contributed by atoms with Crippen LogP contribution >= 0.6 is 0 Å². The van der Waals surface area contributed by atoms with Crippen molar-refractivity contribution in [1.29, 1.82) is 0 Å². The number of ketones is 1. The molecule has 0 aromatic carbocycles. The number of fused-ring (bicyclic) bond motifs is 5. The molecule has 0 heterocycles. The van der Waals surface area contributed by atoms with Crippen molar-refractivity contribution in [3.8, 4) is 4.69 Å². The molecule has 3 fully saturated rings. The Kier molecular flexibility index (Phi) is 3.58. The van der Waals surface area contributed by atoms with E-state index in [0.29, 0.717) is 29.5 Å². The van der Waals surface area contributed by atoms with Gasteiger partial charge in [-0.3, -0.25) is 0 Å². The number of rotatable bonds is 0. The second-order valence-corrected chi connectivity index (χ2v) is 9.30. The van der Waals surface area contributed by atoms with Gasteiger partial charge in [0.2, 0.25) is 0 Å². The summed E-state index contributed by atoms with van der Waals surface area (Å²) in [6.07, 6.45) is 11.5. The zero-order valence-electron chi connectivity index (χ0n) is 14.2. The molecule has 4 aliphatic rings. The van der Waals surface area contributed by atoms with Crippen LogP contribution in [0.1, 0.15) is 58.8 Å². The van der Waals surface area contributed by atoms with E-state index in [9.17, 15) is 9.90 Å². The van der Waals surface area contributed by atoms with E-state index in [1.807, 2.05) is 6.08 Å². The third kappa shape index (κ3) is 2.01. The number of hydrogen-bond acceptors (Lipinski definition) is 2. The van der Waals surface area contributed by atoms with Crippen LogP contribution in [0.4, 0.5) is 0 Å². The molecular weight excluding hydrogens is 324 g/mol. The maximum atomic E-state index is 11.8. The SMILES string of the molecule is C[C@]12C=CC(=O)CC1CCC1C2CC[C@@]2(C)C1CC[C@@]2(O)[C]#[Cr]. The van der Waals surface area contributed by atoms with Crippen molar-refractivity contribution in [3.63, 3.8) is 0 Å². The van der Waals surface area contributed by atoms with Gasteiger partial charge in [0.25, 0.3) is 0 Å². The van der Waals surface area contributed by atoms with Crippen LogP contribution in [0.2, 0.25) is 0 Å². The molecule has 0 bridgehead atoms. The maximum absolute atomic E-state index is 11.8. The van der Waals surface area contributed by atoms with Gasteiger partial charge in [-0.2, -0.15) is 0 Å². The molecule has 0 amide bonds. The van der Waals surface area contributed by atoms with Crippen LogP contribution < -0.4 is 0 Å². The predicted octanol–water partition coefficient (Wildman–Crippen LogP) is 3.61. The molecule has 0 aromatic rings. The minimum absolute atomic E-state index is 0.0309. The first-order chi connectivity index (χ1) is 10.8. The van der Waals surface area contributed by atoms with Crippen LogP contribution in [0.15, 0.2) is 12.2 Å². The van der Waals surface area contributed by atoms with Crippen molar-refractivity contribution in [2.75, 3.05) is 0 Å². The van der Waals surface area contributed by atoms with E-state index in [-0.39, 0.29) is 10.8 Å². The van der Waals surface area contributed by atoms with Crippen LogP contribution in [-0.4, -0.2) is 16.5 Å². The molecule has 4 aliphatic carbocycles. The molecule has 0 aliphatic heterocycles. The number of carbonyl (C=O) groups excluding carboxylic acids is 1. The van der Waals surface area contributed by atoms with Gasteiger partial charge in [-0.1, -0.05) is 0 Å². The van der Waals surface area contributed by atoms with Crippen molar-refractivity contribution in [3.05, 3.63) is 12.2 Å². The minimum atomic E-state index is -0.751. The molecule has 4 unspecified atom stereocenters. The van der Waals surface area contributed by atoms with Crippen molar-refractivity contribution < 1.29 is 25.6 Å². The monoisotopic (exact) mass is 351 g/mol. The van der Waals surface area contributed by atoms with Crippen LogP contribution in [0.5, 0.6) is 0 Å². The molecule has 125 valence electrons. The summed E-state index contributed by atoms with van der Waals surface area (Å²) in [6, 6.07) is 0. The Morgan fingerprint density at radius 3 is 2.65 bits per heavy atom. The molecule has 0 spiro atoms. The fourth-order valence-corrected chi connectivity index (χ4v) is 7.34. The van der Waals surface area contributed by atoms with Gasteiger partial charge >= 0.3 is 147 Å². The molecule has 7 atom stereocenters. The third-order valence-corrected chi connectivity index (χ3v) is 8.89. The Labute approximate surface area is 147 Å². The van der Waals surface area contributed by atoms with E-state index in [2.05, 4.69) is 40.3 Å². The van der Waals surface area contributed by atoms with Crippen LogP contribution in [0.3, 0.4) is 0 Å². The summed E-state index contributed by atoms with van der Waals surface area (Å²) in [7, 11) is 0. The standard InChI is InChI=1S/C20H27O2.Cr/c1-18-9-6-14(21)12-13(18)4-5-15-16(18)7-10-19(2)17(15)8-11-20(19,3)22;/h6,9,13,15-17,22H,4-5,7-8,10-12H2,1-2H3;/t13?,15?,16?,17?,18-,19-,20-;/m0./s1. The van der Waals surface area contributed by atoms with E-state index >= 15 is 0 Å². The van der Waals surface area contributed by atoms with E-state index < -0.39 is 5.60 Å². The molecule has 4 rings (SSSR count). The Bertz CT molecular complexity index is 620. The molecular formula is C20H27CrO2. The Balaban J connectivity index is 1.70. The summed E-state index contributed by atoms with van der Waals surface area (Å²) < 4.78 is 3.12. The Hall–Kier alpha value is -0.318. The quantitative estimate of drug-likeness (QED) is 0.724. The van der Waals surface area contributed by atoms with Gasteiger partial charge in [-0.15, -0.1) is 0 Å². The fourth-order valence-electron chi connectivity index (χ4n) is 6.82. The van der Waals surface area contributed by atoms with E-state index in [1.54, 1.807) is 0 Å². The van der Waals surface area contributed by atoms with Gasteiger partial charge in [-0.25, -0.2) is 0 Å². The number of carbonyl (C=O) groups is 1. The first kappa shape index (κ1) is 16.2. The zero-order valence-corrected chi connectivity index (χ0v) is 15.5. The molecule has 0 saturated heterocycles. The van der Waals surface area contributed by atoms with Gasteiger partial charge in [0, 0.05) is 0 Å². The Morgan fingerprint density at radius 2 is 1.91 bits per heavy atom. The summed E-state index contributed by atoms with van der Waals surface area (Å²) >= 11 is 2.86. The van der Waals surface area contributed by atoms with Gasteiger partial charge in [-0.05, 0) is 0 Å². The average molecular weight is 351 g/mol. The summed E-state index contributed by atoms with van der Waals surface area (Å²) in [5.74, 6) is 2.80. The van der Waals surface area contributed by atoms with Crippen LogP contribution in [0, 0.1) is 39.2 Å². The topological polar surface area (TPSA) is 37.3 Å². The molecule has 0 radical (unpaired) electrons. The number of allylic oxidation sites excluding steroid dienone is 2. The molecule has 23 heavy (non-hydrogen) atoms. The molecule has 0 aromatic heterocycles. The summed E-state index contributed by atoms with van der Waals surface area (Å²) in [4.78, 5) is 11.8. The third-order valence-electron chi connectivity index (χ3n) is 8.36. The average Bonchev–Trinajstić information content (AvgIpc) is 2.80. The molecule has 3 saturated carbocycles. The second-order valence-electron chi connectivity index (χ2n) is 8.98. The van der Waals surface area contributed by atoms with Gasteiger partial charge in [0.1, 0.15) is 0 Å². The van der Waals surface area contributed by atoms with E-state index in [1.165, 1.54) is 19.3 Å².